The first-order valence-electron chi connectivity index (χ1n) is 4.54. The normalized spacial score (nSPS) is 25.7. The summed E-state index contributed by atoms with van der Waals surface area (Å²) in [6.07, 6.45) is 1.18. The highest BCUT2D eigenvalue weighted by Gasteiger charge is 2.36. The van der Waals surface area contributed by atoms with Crippen LogP contribution in [0.2, 0.25) is 0 Å². The molecule has 1 saturated carbocycles. The molecule has 1 aromatic heterocycles. The molecule has 2 atom stereocenters. The molecular formula is C10H13NO2. The van der Waals surface area contributed by atoms with Crippen LogP contribution in [0.4, 0.5) is 0 Å². The fraction of sp³-hybridized carbons (Fsp3) is 0.500. The Hall–Kier alpha value is -1.25. The van der Waals surface area contributed by atoms with Gasteiger partial charge in [0, 0.05) is 13.0 Å². The number of furan rings is 1. The molecule has 0 saturated heterocycles. The van der Waals surface area contributed by atoms with Crippen molar-refractivity contribution in [1.82, 2.24) is 5.32 Å². The van der Waals surface area contributed by atoms with Gasteiger partial charge < -0.3 is 9.73 Å². The molecule has 0 aromatic carbocycles. The molecular weight excluding hydrogens is 166 g/mol. The molecule has 0 radical (unpaired) electrons. The highest BCUT2D eigenvalue weighted by Crippen LogP contribution is 2.47. The van der Waals surface area contributed by atoms with Crippen LogP contribution in [-0.4, -0.2) is 13.0 Å². The first-order chi connectivity index (χ1) is 6.22. The minimum Gasteiger partial charge on any atom is -0.456 e. The van der Waals surface area contributed by atoms with Crippen LogP contribution in [0.15, 0.2) is 16.5 Å². The van der Waals surface area contributed by atoms with Gasteiger partial charge in [0.05, 0.1) is 0 Å². The van der Waals surface area contributed by atoms with E-state index in [0.29, 0.717) is 17.6 Å². The van der Waals surface area contributed by atoms with Gasteiger partial charge in [0.15, 0.2) is 5.76 Å². The number of hydrogen-bond donors (Lipinski definition) is 1. The summed E-state index contributed by atoms with van der Waals surface area (Å²) in [5, 5.41) is 2.53. The Kier molecular flexibility index (Phi) is 1.87. The monoisotopic (exact) mass is 179 g/mol. The van der Waals surface area contributed by atoms with Gasteiger partial charge in [-0.25, -0.2) is 0 Å². The number of hydrogen-bond acceptors (Lipinski definition) is 2. The highest BCUT2D eigenvalue weighted by molar-refractivity contribution is 5.91. The van der Waals surface area contributed by atoms with E-state index in [1.807, 2.05) is 6.07 Å². The lowest BCUT2D eigenvalue weighted by Crippen LogP contribution is -2.16. The van der Waals surface area contributed by atoms with Gasteiger partial charge in [-0.1, -0.05) is 6.92 Å². The van der Waals surface area contributed by atoms with Crippen molar-refractivity contribution >= 4 is 5.91 Å². The van der Waals surface area contributed by atoms with Crippen LogP contribution < -0.4 is 5.32 Å². The Morgan fingerprint density at radius 1 is 1.62 bits per heavy atom. The third-order valence-electron chi connectivity index (χ3n) is 2.55. The van der Waals surface area contributed by atoms with Crippen LogP contribution >= 0.6 is 0 Å². The second-order valence-electron chi connectivity index (χ2n) is 3.60. The Morgan fingerprint density at radius 3 is 2.85 bits per heavy atom. The topological polar surface area (TPSA) is 42.2 Å². The summed E-state index contributed by atoms with van der Waals surface area (Å²) >= 11 is 0. The van der Waals surface area contributed by atoms with Gasteiger partial charge in [-0.05, 0) is 24.5 Å². The van der Waals surface area contributed by atoms with Crippen molar-refractivity contribution in [2.75, 3.05) is 7.05 Å². The molecule has 0 aliphatic heterocycles. The maximum Gasteiger partial charge on any atom is 0.286 e. The fourth-order valence-corrected chi connectivity index (χ4v) is 1.52. The number of carbonyl (C=O) groups is 1. The number of rotatable bonds is 2. The molecule has 70 valence electrons. The van der Waals surface area contributed by atoms with Crippen molar-refractivity contribution in [1.29, 1.82) is 0 Å². The van der Waals surface area contributed by atoms with Crippen LogP contribution in [0.3, 0.4) is 0 Å². The zero-order valence-corrected chi connectivity index (χ0v) is 7.83. The third kappa shape index (κ3) is 1.46. The van der Waals surface area contributed by atoms with E-state index >= 15 is 0 Å². The van der Waals surface area contributed by atoms with Crippen molar-refractivity contribution in [2.24, 2.45) is 5.92 Å². The van der Waals surface area contributed by atoms with E-state index in [0.717, 1.165) is 5.76 Å². The molecule has 1 aliphatic carbocycles. The molecule has 3 heteroatoms. The largest absolute Gasteiger partial charge is 0.456 e. The zero-order chi connectivity index (χ0) is 9.42. The van der Waals surface area contributed by atoms with Gasteiger partial charge in [-0.2, -0.15) is 0 Å². The molecule has 13 heavy (non-hydrogen) atoms. The smallest absolute Gasteiger partial charge is 0.286 e. The molecule has 1 amide bonds. The van der Waals surface area contributed by atoms with E-state index in [4.69, 9.17) is 4.42 Å². The van der Waals surface area contributed by atoms with Crippen molar-refractivity contribution in [2.45, 2.75) is 19.3 Å². The molecule has 1 aliphatic rings. The van der Waals surface area contributed by atoms with E-state index in [9.17, 15) is 4.79 Å². The highest BCUT2D eigenvalue weighted by atomic mass is 16.4. The lowest BCUT2D eigenvalue weighted by molar-refractivity contribution is 0.0934. The molecule has 1 aromatic rings. The van der Waals surface area contributed by atoms with Gasteiger partial charge in [0.1, 0.15) is 5.76 Å². The average Bonchev–Trinajstić information content (AvgIpc) is 2.70. The van der Waals surface area contributed by atoms with Crippen molar-refractivity contribution < 1.29 is 9.21 Å². The minimum absolute atomic E-state index is 0.153. The second-order valence-corrected chi connectivity index (χ2v) is 3.60. The molecule has 2 rings (SSSR count). The summed E-state index contributed by atoms with van der Waals surface area (Å²) in [7, 11) is 1.60. The molecule has 1 fully saturated rings. The maximum absolute atomic E-state index is 11.1. The van der Waals surface area contributed by atoms with Gasteiger partial charge in [0.25, 0.3) is 5.91 Å². The van der Waals surface area contributed by atoms with Crippen LogP contribution in [0.1, 0.15) is 35.6 Å². The quantitative estimate of drug-likeness (QED) is 0.751. The van der Waals surface area contributed by atoms with E-state index in [-0.39, 0.29) is 5.91 Å². The molecule has 0 bridgehead atoms. The molecule has 2 unspecified atom stereocenters. The van der Waals surface area contributed by atoms with Crippen LogP contribution in [0.5, 0.6) is 0 Å². The molecule has 1 N–H and O–H groups in total. The molecule has 3 nitrogen and oxygen atoms in total. The fourth-order valence-electron chi connectivity index (χ4n) is 1.52. The third-order valence-corrected chi connectivity index (χ3v) is 2.55. The maximum atomic E-state index is 11.1. The minimum atomic E-state index is -0.153. The Balaban J connectivity index is 2.14. The van der Waals surface area contributed by atoms with E-state index < -0.39 is 0 Å². The standard InChI is InChI=1S/C10H13NO2/c1-6-5-7(6)8-3-4-9(13-8)10(12)11-2/h3-4,6-7H,5H2,1-2H3,(H,11,12). The van der Waals surface area contributed by atoms with Crippen LogP contribution in [0, 0.1) is 5.92 Å². The predicted octanol–water partition coefficient (Wildman–Crippen LogP) is 1.76. The summed E-state index contributed by atoms with van der Waals surface area (Å²) in [6.45, 7) is 2.19. The van der Waals surface area contributed by atoms with Crippen molar-refractivity contribution in [3.63, 3.8) is 0 Å². The van der Waals surface area contributed by atoms with Gasteiger partial charge in [-0.3, -0.25) is 4.79 Å². The number of carbonyl (C=O) groups excluding carboxylic acids is 1. The predicted molar refractivity (Wildman–Crippen MR) is 48.6 cm³/mol. The Morgan fingerprint density at radius 2 is 2.31 bits per heavy atom. The molecule has 0 spiro atoms. The van der Waals surface area contributed by atoms with Crippen molar-refractivity contribution in [3.05, 3.63) is 23.7 Å². The lowest BCUT2D eigenvalue weighted by Gasteiger charge is -1.93. The molecule has 1 heterocycles. The Labute approximate surface area is 77.1 Å². The second kappa shape index (κ2) is 2.91. The summed E-state index contributed by atoms with van der Waals surface area (Å²) < 4.78 is 5.42. The van der Waals surface area contributed by atoms with Gasteiger partial charge in [-0.15, -0.1) is 0 Å². The number of nitrogens with one attached hydrogen (secondary N) is 1. The average molecular weight is 179 g/mol. The van der Waals surface area contributed by atoms with Gasteiger partial charge >= 0.3 is 0 Å². The first-order valence-corrected chi connectivity index (χ1v) is 4.54. The Bertz CT molecular complexity index is 329. The lowest BCUT2D eigenvalue weighted by atomic mass is 10.3. The summed E-state index contributed by atoms with van der Waals surface area (Å²) in [5.74, 6) is 2.46. The van der Waals surface area contributed by atoms with E-state index in [1.165, 1.54) is 6.42 Å². The van der Waals surface area contributed by atoms with Gasteiger partial charge in [0.2, 0.25) is 0 Å². The zero-order valence-electron chi connectivity index (χ0n) is 7.83. The summed E-state index contributed by atoms with van der Waals surface area (Å²) in [6, 6.07) is 3.64. The van der Waals surface area contributed by atoms with Crippen molar-refractivity contribution in [3.8, 4) is 0 Å². The summed E-state index contributed by atoms with van der Waals surface area (Å²) in [4.78, 5) is 11.1. The first kappa shape index (κ1) is 8.35. The van der Waals surface area contributed by atoms with E-state index in [2.05, 4.69) is 12.2 Å². The van der Waals surface area contributed by atoms with Crippen LogP contribution in [-0.2, 0) is 0 Å². The van der Waals surface area contributed by atoms with Crippen LogP contribution in [0.25, 0.3) is 0 Å². The SMILES string of the molecule is CNC(=O)c1ccc(C2CC2C)o1. The van der Waals surface area contributed by atoms with E-state index in [1.54, 1.807) is 13.1 Å². The number of amides is 1. The summed E-state index contributed by atoms with van der Waals surface area (Å²) in [5.41, 5.74) is 0.